The Hall–Kier alpha value is 0.734. The van der Waals surface area contributed by atoms with E-state index in [0.29, 0.717) is 0 Å². The maximum Gasteiger partial charge on any atom is 4.00 e. The molecule has 0 heterocycles. The second-order valence-corrected chi connectivity index (χ2v) is 5.31. The Balaban J connectivity index is -0.0000000343. The summed E-state index contributed by atoms with van der Waals surface area (Å²) in [5, 5.41) is 0. The second-order valence-electron chi connectivity index (χ2n) is 5.31. The SMILES string of the molecule is C[C-](C)C.C[C-](C)C.Cl.Cl.[C-]1=CC=CC1.[CH2-]CN(C)C.[Ti+4]. The molecule has 0 unspecified atom stereocenters. The predicted octanol–water partition coefficient (Wildman–Crippen LogP) is 5.77. The fraction of sp³-hybridized carbons (Fsp3) is 0.588. The van der Waals surface area contributed by atoms with E-state index in [9.17, 15) is 0 Å². The van der Waals surface area contributed by atoms with Gasteiger partial charge < -0.3 is 23.7 Å². The third-order valence-corrected chi connectivity index (χ3v) is 1.03. The Labute approximate surface area is 162 Å². The minimum absolute atomic E-state index is 0. The van der Waals surface area contributed by atoms with Gasteiger partial charge in [0, 0.05) is 0 Å². The van der Waals surface area contributed by atoms with Crippen molar-refractivity contribution in [1.29, 1.82) is 0 Å². The minimum atomic E-state index is 0. The van der Waals surface area contributed by atoms with Gasteiger partial charge in [0.25, 0.3) is 0 Å². The average Bonchev–Trinajstić information content (AvgIpc) is 2.73. The maximum absolute atomic E-state index is 3.61. The van der Waals surface area contributed by atoms with Crippen LogP contribution in [0.15, 0.2) is 18.2 Å². The quantitative estimate of drug-likeness (QED) is 0.417. The molecule has 0 amide bonds. The van der Waals surface area contributed by atoms with Crippen LogP contribution in [-0.4, -0.2) is 25.5 Å². The molecule has 0 fully saturated rings. The molecule has 0 aromatic rings. The summed E-state index contributed by atoms with van der Waals surface area (Å²) in [5.74, 6) is 2.83. The largest absolute Gasteiger partial charge is 4.00 e. The zero-order valence-corrected chi connectivity index (χ0v) is 18.3. The van der Waals surface area contributed by atoms with Crippen molar-refractivity contribution in [3.63, 3.8) is 0 Å². The molecule has 0 aromatic carbocycles. The third-order valence-electron chi connectivity index (χ3n) is 1.03. The molecule has 0 saturated heterocycles. The summed E-state index contributed by atoms with van der Waals surface area (Å²) in [6, 6.07) is 0. The zero-order valence-electron chi connectivity index (χ0n) is 15.1. The third kappa shape index (κ3) is 122. The Bertz CT molecular complexity index is 170. The van der Waals surface area contributed by atoms with Crippen LogP contribution in [0.2, 0.25) is 0 Å². The molecule has 0 bridgehead atoms. The van der Waals surface area contributed by atoms with Crippen LogP contribution in [0, 0.1) is 24.8 Å². The van der Waals surface area contributed by atoms with E-state index in [2.05, 4.69) is 60.6 Å². The first kappa shape index (κ1) is 37.7. The summed E-state index contributed by atoms with van der Waals surface area (Å²) >= 11 is 0. The summed E-state index contributed by atoms with van der Waals surface area (Å²) < 4.78 is 0. The molecule has 4 heteroatoms. The number of hydrogen-bond donors (Lipinski definition) is 0. The van der Waals surface area contributed by atoms with Gasteiger partial charge in [-0.2, -0.15) is 47.6 Å². The first-order valence-corrected chi connectivity index (χ1v) is 6.43. The van der Waals surface area contributed by atoms with E-state index in [1.807, 2.05) is 31.1 Å². The van der Waals surface area contributed by atoms with Crippen LogP contribution in [-0.2, 0) is 21.7 Å². The molecular weight excluding hydrogens is 337 g/mol. The van der Waals surface area contributed by atoms with Crippen molar-refractivity contribution in [2.75, 3.05) is 20.6 Å². The Morgan fingerprint density at radius 2 is 1.29 bits per heavy atom. The monoisotopic (exact) mass is 371 g/mol. The van der Waals surface area contributed by atoms with Gasteiger partial charge in [0.1, 0.15) is 0 Å². The minimum Gasteiger partial charge on any atom is -0.339 e. The van der Waals surface area contributed by atoms with Crippen LogP contribution in [0.5, 0.6) is 0 Å². The van der Waals surface area contributed by atoms with Crippen molar-refractivity contribution in [2.45, 2.75) is 48.0 Å². The zero-order chi connectivity index (χ0) is 15.0. The topological polar surface area (TPSA) is 3.24 Å². The molecule has 0 aliphatic heterocycles. The van der Waals surface area contributed by atoms with E-state index in [-0.39, 0.29) is 46.5 Å². The molecule has 1 aliphatic carbocycles. The molecule has 0 saturated carbocycles. The van der Waals surface area contributed by atoms with Gasteiger partial charge in [-0.3, -0.25) is 6.08 Å². The van der Waals surface area contributed by atoms with Crippen molar-refractivity contribution < 1.29 is 21.7 Å². The van der Waals surface area contributed by atoms with Gasteiger partial charge in [0.15, 0.2) is 0 Å². The molecule has 0 atom stereocenters. The van der Waals surface area contributed by atoms with Gasteiger partial charge in [0.05, 0.1) is 0 Å². The summed E-state index contributed by atoms with van der Waals surface area (Å²) in [5.41, 5.74) is 0. The number of hydrogen-bond acceptors (Lipinski definition) is 1. The fourth-order valence-electron chi connectivity index (χ4n) is 0.340. The Morgan fingerprint density at radius 1 is 1.00 bits per heavy atom. The molecule has 126 valence electrons. The van der Waals surface area contributed by atoms with Gasteiger partial charge in [0.2, 0.25) is 0 Å². The number of halogens is 2. The van der Waals surface area contributed by atoms with E-state index < -0.39 is 0 Å². The van der Waals surface area contributed by atoms with Gasteiger partial charge in [-0.1, -0.05) is 0 Å². The summed E-state index contributed by atoms with van der Waals surface area (Å²) in [4.78, 5) is 2.01. The van der Waals surface area contributed by atoms with Crippen molar-refractivity contribution in [3.8, 4) is 0 Å². The second kappa shape index (κ2) is 32.6. The van der Waals surface area contributed by atoms with Crippen molar-refractivity contribution in [2.24, 2.45) is 0 Å². The van der Waals surface area contributed by atoms with E-state index in [1.54, 1.807) is 0 Å². The van der Waals surface area contributed by atoms with E-state index in [0.717, 1.165) is 13.0 Å². The van der Waals surface area contributed by atoms with Crippen LogP contribution in [0.25, 0.3) is 0 Å². The Morgan fingerprint density at radius 3 is 1.33 bits per heavy atom. The van der Waals surface area contributed by atoms with Crippen LogP contribution in [0.3, 0.4) is 0 Å². The average molecular weight is 372 g/mol. The van der Waals surface area contributed by atoms with Crippen molar-refractivity contribution in [3.05, 3.63) is 43.1 Å². The first-order chi connectivity index (χ1) is 8.23. The molecule has 0 N–H and O–H groups in total. The van der Waals surface area contributed by atoms with Gasteiger partial charge in [-0.05, 0) is 14.1 Å². The molecule has 0 spiro atoms. The Kier molecular flexibility index (Phi) is 58.6. The predicted molar refractivity (Wildman–Crippen MR) is 101 cm³/mol. The van der Waals surface area contributed by atoms with E-state index in [4.69, 9.17) is 0 Å². The normalized spacial score (nSPS) is 9.90. The van der Waals surface area contributed by atoms with Crippen LogP contribution in [0.4, 0.5) is 0 Å². The molecule has 1 aliphatic rings. The molecule has 1 nitrogen and oxygen atoms in total. The first-order valence-electron chi connectivity index (χ1n) is 6.43. The van der Waals surface area contributed by atoms with Crippen LogP contribution >= 0.6 is 24.8 Å². The molecular formula is C17H35Cl2NTi. The summed E-state index contributed by atoms with van der Waals surface area (Å²) in [7, 11) is 3.99. The number of allylic oxidation sites excluding steroid dienone is 4. The van der Waals surface area contributed by atoms with E-state index in [1.165, 1.54) is 11.8 Å². The number of nitrogens with zero attached hydrogens (tertiary/aromatic N) is 1. The fourth-order valence-corrected chi connectivity index (χ4v) is 0.340. The smallest absolute Gasteiger partial charge is 0.339 e. The molecule has 1 rings (SSSR count). The molecule has 0 radical (unpaired) electrons. The maximum atomic E-state index is 3.61. The van der Waals surface area contributed by atoms with Gasteiger partial charge >= 0.3 is 21.7 Å². The van der Waals surface area contributed by atoms with Crippen molar-refractivity contribution in [1.82, 2.24) is 4.90 Å². The van der Waals surface area contributed by atoms with Crippen LogP contribution < -0.4 is 0 Å². The van der Waals surface area contributed by atoms with Gasteiger partial charge in [-0.25, -0.2) is 12.2 Å². The van der Waals surface area contributed by atoms with Crippen molar-refractivity contribution >= 4 is 24.8 Å². The standard InChI is InChI=1S/C5H5.C4H10N.2C4H9.2ClH.Ti/c1-2-4-5-3-1;1-4-5(2)3;2*1-4(2)3;;;/h1-3H,4H2;1,4H2,2-3H3;2*1-3H3;2*1H;/q4*-1;;;+4. The van der Waals surface area contributed by atoms with E-state index >= 15 is 0 Å². The summed E-state index contributed by atoms with van der Waals surface area (Å²) in [6.45, 7) is 17.0. The number of rotatable bonds is 1. The van der Waals surface area contributed by atoms with Gasteiger partial charge in [-0.15, -0.1) is 37.8 Å². The van der Waals surface area contributed by atoms with Crippen LogP contribution in [0.1, 0.15) is 48.0 Å². The summed E-state index contributed by atoms with van der Waals surface area (Å²) in [6.07, 6.45) is 10.0. The molecule has 21 heavy (non-hydrogen) atoms. The molecule has 0 aromatic heterocycles.